The number of benzene rings is 2. The summed E-state index contributed by atoms with van der Waals surface area (Å²) < 4.78 is 12.9. The van der Waals surface area contributed by atoms with Gasteiger partial charge in [-0.3, -0.25) is 4.79 Å². The Morgan fingerprint density at radius 1 is 1.10 bits per heavy atom. The molecule has 0 aliphatic carbocycles. The average molecular weight is 276 g/mol. The van der Waals surface area contributed by atoms with Crippen molar-refractivity contribution in [2.24, 2.45) is 0 Å². The molecule has 5 heteroatoms. The highest BCUT2D eigenvalue weighted by atomic mass is 19.1. The lowest BCUT2D eigenvalue weighted by molar-refractivity contribution is -0.138. The molecule has 4 nitrogen and oxygen atoms in total. The van der Waals surface area contributed by atoms with Crippen molar-refractivity contribution in [1.29, 1.82) is 0 Å². The van der Waals surface area contributed by atoms with Crippen molar-refractivity contribution in [3.8, 4) is 11.5 Å². The van der Waals surface area contributed by atoms with Crippen molar-refractivity contribution < 1.29 is 24.5 Å². The first-order valence-electron chi connectivity index (χ1n) is 5.96. The van der Waals surface area contributed by atoms with Crippen molar-refractivity contribution in [3.05, 3.63) is 59.4 Å². The SMILES string of the molecule is O=C(O)C(Cc1ccc(O)cc1O)c1ccc(F)cc1. The molecule has 0 amide bonds. The summed E-state index contributed by atoms with van der Waals surface area (Å²) in [6, 6.07) is 9.20. The second kappa shape index (κ2) is 5.61. The zero-order chi connectivity index (χ0) is 14.7. The van der Waals surface area contributed by atoms with Crippen molar-refractivity contribution in [2.75, 3.05) is 0 Å². The maximum Gasteiger partial charge on any atom is 0.311 e. The van der Waals surface area contributed by atoms with Crippen LogP contribution in [0.4, 0.5) is 4.39 Å². The molecular weight excluding hydrogens is 263 g/mol. The lowest BCUT2D eigenvalue weighted by Gasteiger charge is -2.14. The monoisotopic (exact) mass is 276 g/mol. The number of carbonyl (C=O) groups is 1. The van der Waals surface area contributed by atoms with E-state index in [1.54, 1.807) is 0 Å². The number of hydrogen-bond donors (Lipinski definition) is 3. The second-order valence-corrected chi connectivity index (χ2v) is 4.46. The molecule has 0 fully saturated rings. The van der Waals surface area contributed by atoms with Crippen LogP contribution in [0.15, 0.2) is 42.5 Å². The molecule has 20 heavy (non-hydrogen) atoms. The fraction of sp³-hybridized carbons (Fsp3) is 0.133. The van der Waals surface area contributed by atoms with E-state index in [0.29, 0.717) is 11.1 Å². The van der Waals surface area contributed by atoms with E-state index in [9.17, 15) is 24.5 Å². The molecule has 0 radical (unpaired) electrons. The number of aromatic hydroxyl groups is 2. The van der Waals surface area contributed by atoms with E-state index in [2.05, 4.69) is 0 Å². The number of aliphatic carboxylic acids is 1. The van der Waals surface area contributed by atoms with Gasteiger partial charge in [-0.2, -0.15) is 0 Å². The molecule has 0 aliphatic rings. The smallest absolute Gasteiger partial charge is 0.311 e. The molecule has 0 aromatic heterocycles. The van der Waals surface area contributed by atoms with Gasteiger partial charge in [0.15, 0.2) is 0 Å². The van der Waals surface area contributed by atoms with Gasteiger partial charge in [-0.25, -0.2) is 4.39 Å². The molecule has 0 saturated heterocycles. The first-order chi connectivity index (χ1) is 9.47. The maximum atomic E-state index is 12.9. The molecule has 2 aromatic rings. The Kier molecular flexibility index (Phi) is 3.89. The molecule has 3 N–H and O–H groups in total. The van der Waals surface area contributed by atoms with Crippen LogP contribution in [-0.4, -0.2) is 21.3 Å². The van der Waals surface area contributed by atoms with E-state index in [1.165, 1.54) is 36.4 Å². The third-order valence-corrected chi connectivity index (χ3v) is 3.06. The van der Waals surface area contributed by atoms with Gasteiger partial charge in [-0.05, 0) is 35.7 Å². The minimum Gasteiger partial charge on any atom is -0.508 e. The van der Waals surface area contributed by atoms with Gasteiger partial charge >= 0.3 is 5.97 Å². The molecule has 104 valence electrons. The number of phenols is 2. The van der Waals surface area contributed by atoms with Crippen LogP contribution in [0.25, 0.3) is 0 Å². The summed E-state index contributed by atoms with van der Waals surface area (Å²) in [5.74, 6) is -2.67. The third-order valence-electron chi connectivity index (χ3n) is 3.06. The van der Waals surface area contributed by atoms with Gasteiger partial charge in [0.2, 0.25) is 0 Å². The first-order valence-corrected chi connectivity index (χ1v) is 5.96. The molecule has 2 aromatic carbocycles. The van der Waals surface area contributed by atoms with Crippen molar-refractivity contribution in [2.45, 2.75) is 12.3 Å². The van der Waals surface area contributed by atoms with Gasteiger partial charge in [-0.1, -0.05) is 18.2 Å². The van der Waals surface area contributed by atoms with Gasteiger partial charge in [0.1, 0.15) is 17.3 Å². The summed E-state index contributed by atoms with van der Waals surface area (Å²) in [6.45, 7) is 0. The summed E-state index contributed by atoms with van der Waals surface area (Å²) in [4.78, 5) is 11.3. The average Bonchev–Trinajstić information content (AvgIpc) is 2.39. The molecule has 0 heterocycles. The zero-order valence-electron chi connectivity index (χ0n) is 10.5. The van der Waals surface area contributed by atoms with Crippen molar-refractivity contribution in [3.63, 3.8) is 0 Å². The summed E-state index contributed by atoms with van der Waals surface area (Å²) in [7, 11) is 0. The normalized spacial score (nSPS) is 12.1. The van der Waals surface area contributed by atoms with Crippen LogP contribution in [0.1, 0.15) is 17.0 Å². The van der Waals surface area contributed by atoms with Crippen LogP contribution in [-0.2, 0) is 11.2 Å². The van der Waals surface area contributed by atoms with E-state index in [4.69, 9.17) is 0 Å². The minimum absolute atomic E-state index is 0.0487. The molecular formula is C15H13FO4. The highest BCUT2D eigenvalue weighted by Crippen LogP contribution is 2.29. The Labute approximate surface area is 114 Å². The summed E-state index contributed by atoms with van der Waals surface area (Å²) in [5, 5.41) is 28.2. The largest absolute Gasteiger partial charge is 0.508 e. The molecule has 1 unspecified atom stereocenters. The fourth-order valence-electron chi connectivity index (χ4n) is 1.99. The summed E-state index contributed by atoms with van der Waals surface area (Å²) in [5.41, 5.74) is 0.853. The van der Waals surface area contributed by atoms with Gasteiger partial charge in [0, 0.05) is 6.07 Å². The lowest BCUT2D eigenvalue weighted by Crippen LogP contribution is -2.14. The van der Waals surface area contributed by atoms with Crippen LogP contribution in [0.5, 0.6) is 11.5 Å². The summed E-state index contributed by atoms with van der Waals surface area (Å²) in [6.07, 6.45) is 0.0487. The second-order valence-electron chi connectivity index (χ2n) is 4.46. The molecule has 0 aliphatic heterocycles. The predicted molar refractivity (Wildman–Crippen MR) is 70.3 cm³/mol. The highest BCUT2D eigenvalue weighted by Gasteiger charge is 2.21. The molecule has 0 bridgehead atoms. The van der Waals surface area contributed by atoms with Crippen LogP contribution >= 0.6 is 0 Å². The number of phenolic OH excluding ortho intramolecular Hbond substituents is 2. The number of halogens is 1. The third kappa shape index (κ3) is 3.06. The van der Waals surface area contributed by atoms with Gasteiger partial charge in [-0.15, -0.1) is 0 Å². The highest BCUT2D eigenvalue weighted by molar-refractivity contribution is 5.76. The Balaban J connectivity index is 2.30. The Morgan fingerprint density at radius 3 is 2.30 bits per heavy atom. The standard InChI is InChI=1S/C15H13FO4/c16-11-4-1-9(2-5-11)13(15(19)20)7-10-3-6-12(17)8-14(10)18/h1-6,8,13,17-18H,7H2,(H,19,20). The number of carboxylic acids is 1. The van der Waals surface area contributed by atoms with E-state index in [1.807, 2.05) is 0 Å². The minimum atomic E-state index is -1.07. The van der Waals surface area contributed by atoms with Crippen LogP contribution < -0.4 is 0 Å². The summed E-state index contributed by atoms with van der Waals surface area (Å²) >= 11 is 0. The first kappa shape index (κ1) is 13.9. The molecule has 0 saturated carbocycles. The molecule has 0 spiro atoms. The number of rotatable bonds is 4. The van der Waals surface area contributed by atoms with E-state index >= 15 is 0 Å². The van der Waals surface area contributed by atoms with Gasteiger partial charge < -0.3 is 15.3 Å². The Hall–Kier alpha value is -2.56. The Bertz CT molecular complexity index is 622. The fourth-order valence-corrected chi connectivity index (χ4v) is 1.99. The van der Waals surface area contributed by atoms with Crippen LogP contribution in [0, 0.1) is 5.82 Å². The van der Waals surface area contributed by atoms with Crippen molar-refractivity contribution in [1.82, 2.24) is 0 Å². The van der Waals surface area contributed by atoms with Crippen LogP contribution in [0.3, 0.4) is 0 Å². The maximum absolute atomic E-state index is 12.9. The zero-order valence-corrected chi connectivity index (χ0v) is 10.5. The van der Waals surface area contributed by atoms with E-state index in [0.717, 1.165) is 6.07 Å². The topological polar surface area (TPSA) is 77.8 Å². The molecule has 1 atom stereocenters. The van der Waals surface area contributed by atoms with E-state index < -0.39 is 17.7 Å². The van der Waals surface area contributed by atoms with E-state index in [-0.39, 0.29) is 17.9 Å². The van der Waals surface area contributed by atoms with Gasteiger partial charge in [0.05, 0.1) is 5.92 Å². The number of carboxylic acid groups (broad SMARTS) is 1. The lowest BCUT2D eigenvalue weighted by atomic mass is 9.91. The van der Waals surface area contributed by atoms with Gasteiger partial charge in [0.25, 0.3) is 0 Å². The Morgan fingerprint density at radius 2 is 1.75 bits per heavy atom. The number of hydrogen-bond acceptors (Lipinski definition) is 3. The van der Waals surface area contributed by atoms with Crippen LogP contribution in [0.2, 0.25) is 0 Å². The predicted octanol–water partition coefficient (Wildman–Crippen LogP) is 2.65. The quantitative estimate of drug-likeness (QED) is 0.802. The van der Waals surface area contributed by atoms with Crippen molar-refractivity contribution >= 4 is 5.97 Å². The molecule has 2 rings (SSSR count).